The van der Waals surface area contributed by atoms with E-state index in [-0.39, 0.29) is 10.6 Å². The first kappa shape index (κ1) is 13.1. The van der Waals surface area contributed by atoms with E-state index in [1.807, 2.05) is 30.3 Å². The van der Waals surface area contributed by atoms with Gasteiger partial charge in [0.1, 0.15) is 5.82 Å². The molecule has 0 aliphatic rings. The maximum atomic E-state index is 11.0. The number of nitro groups is 1. The first-order valence-corrected chi connectivity index (χ1v) is 6.55. The molecule has 0 fully saturated rings. The van der Waals surface area contributed by atoms with Gasteiger partial charge in [-0.3, -0.25) is 10.1 Å². The van der Waals surface area contributed by atoms with Gasteiger partial charge in [-0.1, -0.05) is 42.5 Å². The maximum absolute atomic E-state index is 11.0. The monoisotopic (exact) mass is 279 g/mol. The van der Waals surface area contributed by atoms with Gasteiger partial charge < -0.3 is 5.32 Å². The number of benzene rings is 2. The van der Waals surface area contributed by atoms with Crippen LogP contribution >= 0.6 is 0 Å². The maximum Gasteiger partial charge on any atom is 0.274 e. The molecule has 0 aliphatic heterocycles. The minimum Gasteiger partial charge on any atom is -0.365 e. The van der Waals surface area contributed by atoms with Crippen molar-refractivity contribution in [3.8, 4) is 0 Å². The molecule has 1 N–H and O–H groups in total. The predicted molar refractivity (Wildman–Crippen MR) is 82.2 cm³/mol. The first-order chi connectivity index (χ1) is 10.3. The summed E-state index contributed by atoms with van der Waals surface area (Å²) in [5.74, 6) is 0.728. The number of anilines is 1. The second-order valence-electron chi connectivity index (χ2n) is 4.62. The number of pyridine rings is 1. The lowest BCUT2D eigenvalue weighted by Crippen LogP contribution is -2.04. The van der Waals surface area contributed by atoms with Gasteiger partial charge in [-0.05, 0) is 11.5 Å². The van der Waals surface area contributed by atoms with Crippen molar-refractivity contribution in [1.82, 2.24) is 4.98 Å². The van der Waals surface area contributed by atoms with Gasteiger partial charge in [0, 0.05) is 29.8 Å². The SMILES string of the molecule is O=[N+]([O-])c1ccccc1CNc1nccc2ccccc12. The van der Waals surface area contributed by atoms with E-state index >= 15 is 0 Å². The third-order valence-corrected chi connectivity index (χ3v) is 3.31. The smallest absolute Gasteiger partial charge is 0.274 e. The lowest BCUT2D eigenvalue weighted by Gasteiger charge is -2.09. The van der Waals surface area contributed by atoms with Crippen molar-refractivity contribution in [2.45, 2.75) is 6.54 Å². The van der Waals surface area contributed by atoms with Gasteiger partial charge in [0.05, 0.1) is 4.92 Å². The Morgan fingerprint density at radius 1 is 1.05 bits per heavy atom. The van der Waals surface area contributed by atoms with Crippen molar-refractivity contribution in [1.29, 1.82) is 0 Å². The molecule has 0 unspecified atom stereocenters. The fraction of sp³-hybridized carbons (Fsp3) is 0.0625. The fourth-order valence-electron chi connectivity index (χ4n) is 2.28. The number of hydrogen-bond acceptors (Lipinski definition) is 4. The molecule has 0 aliphatic carbocycles. The number of rotatable bonds is 4. The summed E-state index contributed by atoms with van der Waals surface area (Å²) < 4.78 is 0. The quantitative estimate of drug-likeness (QED) is 0.583. The number of fused-ring (bicyclic) bond motifs is 1. The second-order valence-corrected chi connectivity index (χ2v) is 4.62. The molecular weight excluding hydrogens is 266 g/mol. The molecule has 1 heterocycles. The molecule has 104 valence electrons. The van der Waals surface area contributed by atoms with Crippen molar-refractivity contribution in [3.63, 3.8) is 0 Å². The molecule has 0 bridgehead atoms. The molecule has 0 saturated carbocycles. The molecule has 2 aromatic carbocycles. The van der Waals surface area contributed by atoms with Crippen LogP contribution in [0.25, 0.3) is 10.8 Å². The number of nitro benzene ring substituents is 1. The lowest BCUT2D eigenvalue weighted by atomic mass is 10.1. The van der Waals surface area contributed by atoms with Crippen molar-refractivity contribution in [3.05, 3.63) is 76.5 Å². The zero-order valence-electron chi connectivity index (χ0n) is 11.2. The first-order valence-electron chi connectivity index (χ1n) is 6.55. The Morgan fingerprint density at radius 3 is 2.67 bits per heavy atom. The van der Waals surface area contributed by atoms with E-state index in [1.165, 1.54) is 6.07 Å². The van der Waals surface area contributed by atoms with E-state index in [4.69, 9.17) is 0 Å². The average molecular weight is 279 g/mol. The van der Waals surface area contributed by atoms with E-state index in [2.05, 4.69) is 10.3 Å². The van der Waals surface area contributed by atoms with Gasteiger partial charge in [0.2, 0.25) is 0 Å². The normalized spacial score (nSPS) is 10.5. The molecule has 3 rings (SSSR count). The molecule has 5 nitrogen and oxygen atoms in total. The summed E-state index contributed by atoms with van der Waals surface area (Å²) in [7, 11) is 0. The van der Waals surface area contributed by atoms with Crippen LogP contribution in [0, 0.1) is 10.1 Å². The van der Waals surface area contributed by atoms with E-state index in [0.717, 1.165) is 16.6 Å². The highest BCUT2D eigenvalue weighted by atomic mass is 16.6. The van der Waals surface area contributed by atoms with Crippen LogP contribution in [-0.2, 0) is 6.54 Å². The summed E-state index contributed by atoms with van der Waals surface area (Å²) in [6.45, 7) is 0.359. The summed E-state index contributed by atoms with van der Waals surface area (Å²) in [5.41, 5.74) is 0.752. The zero-order chi connectivity index (χ0) is 14.7. The van der Waals surface area contributed by atoms with Gasteiger partial charge in [0.25, 0.3) is 5.69 Å². The number of para-hydroxylation sites is 1. The second kappa shape index (κ2) is 5.58. The summed E-state index contributed by atoms with van der Waals surface area (Å²) in [5, 5.41) is 16.3. The van der Waals surface area contributed by atoms with Gasteiger partial charge in [-0.2, -0.15) is 0 Å². The Morgan fingerprint density at radius 2 is 1.81 bits per heavy atom. The van der Waals surface area contributed by atoms with Crippen LogP contribution in [0.5, 0.6) is 0 Å². The number of nitrogens with zero attached hydrogens (tertiary/aromatic N) is 2. The highest BCUT2D eigenvalue weighted by molar-refractivity contribution is 5.91. The fourth-order valence-corrected chi connectivity index (χ4v) is 2.28. The van der Waals surface area contributed by atoms with Crippen LogP contribution in [0.15, 0.2) is 60.8 Å². The van der Waals surface area contributed by atoms with Crippen LogP contribution in [0.1, 0.15) is 5.56 Å². The molecule has 5 heteroatoms. The molecule has 0 radical (unpaired) electrons. The van der Waals surface area contributed by atoms with E-state index in [9.17, 15) is 10.1 Å². The molecule has 0 atom stereocenters. The Hall–Kier alpha value is -2.95. The Balaban J connectivity index is 1.89. The largest absolute Gasteiger partial charge is 0.365 e. The van der Waals surface area contributed by atoms with Crippen molar-refractivity contribution in [2.24, 2.45) is 0 Å². The minimum absolute atomic E-state index is 0.116. The van der Waals surface area contributed by atoms with Gasteiger partial charge in [0.15, 0.2) is 0 Å². The summed E-state index contributed by atoms with van der Waals surface area (Å²) in [6, 6.07) is 16.5. The highest BCUT2D eigenvalue weighted by Crippen LogP contribution is 2.23. The third kappa shape index (κ3) is 2.67. The average Bonchev–Trinajstić information content (AvgIpc) is 2.53. The molecule has 0 amide bonds. The summed E-state index contributed by atoms with van der Waals surface area (Å²) in [4.78, 5) is 15.0. The Labute approximate surface area is 121 Å². The number of nitrogens with one attached hydrogen (secondary N) is 1. The number of aromatic nitrogens is 1. The van der Waals surface area contributed by atoms with Crippen molar-refractivity contribution in [2.75, 3.05) is 5.32 Å². The topological polar surface area (TPSA) is 68.1 Å². The van der Waals surface area contributed by atoms with Gasteiger partial charge >= 0.3 is 0 Å². The van der Waals surface area contributed by atoms with Crippen LogP contribution in [0.3, 0.4) is 0 Å². The summed E-state index contributed by atoms with van der Waals surface area (Å²) >= 11 is 0. The van der Waals surface area contributed by atoms with E-state index in [0.29, 0.717) is 12.1 Å². The van der Waals surface area contributed by atoms with E-state index in [1.54, 1.807) is 24.4 Å². The number of hydrogen-bond donors (Lipinski definition) is 1. The van der Waals surface area contributed by atoms with Crippen LogP contribution in [0.4, 0.5) is 11.5 Å². The summed E-state index contributed by atoms with van der Waals surface area (Å²) in [6.07, 6.45) is 1.73. The molecule has 0 saturated heterocycles. The molecule has 0 spiro atoms. The standard InChI is InChI=1S/C16H13N3O2/c20-19(21)15-8-4-2-6-13(15)11-18-16-14-7-3-1-5-12(14)9-10-17-16/h1-10H,11H2,(H,17,18). The predicted octanol–water partition coefficient (Wildman–Crippen LogP) is 3.76. The van der Waals surface area contributed by atoms with Crippen LogP contribution in [-0.4, -0.2) is 9.91 Å². The minimum atomic E-state index is -0.368. The molecule has 1 aromatic heterocycles. The Kier molecular flexibility index (Phi) is 3.47. The zero-order valence-corrected chi connectivity index (χ0v) is 11.2. The van der Waals surface area contributed by atoms with E-state index < -0.39 is 0 Å². The third-order valence-electron chi connectivity index (χ3n) is 3.31. The lowest BCUT2D eigenvalue weighted by molar-refractivity contribution is -0.385. The van der Waals surface area contributed by atoms with Crippen LogP contribution in [0.2, 0.25) is 0 Å². The van der Waals surface area contributed by atoms with Crippen LogP contribution < -0.4 is 5.32 Å². The van der Waals surface area contributed by atoms with Crippen molar-refractivity contribution >= 4 is 22.3 Å². The molecule has 3 aromatic rings. The highest BCUT2D eigenvalue weighted by Gasteiger charge is 2.12. The molecule has 21 heavy (non-hydrogen) atoms. The van der Waals surface area contributed by atoms with Gasteiger partial charge in [-0.15, -0.1) is 0 Å². The van der Waals surface area contributed by atoms with Gasteiger partial charge in [-0.25, -0.2) is 4.98 Å². The Bertz CT molecular complexity index is 797. The van der Waals surface area contributed by atoms with Crippen molar-refractivity contribution < 1.29 is 4.92 Å². The molecular formula is C16H13N3O2.